The van der Waals surface area contributed by atoms with Gasteiger partial charge < -0.3 is 20.7 Å². The number of carbonyl (C=O) groups is 1. The maximum absolute atomic E-state index is 12.1. The summed E-state index contributed by atoms with van der Waals surface area (Å²) in [5.41, 5.74) is 10.4. The number of hydrogen-bond acceptors (Lipinski definition) is 7. The van der Waals surface area contributed by atoms with Crippen molar-refractivity contribution in [1.82, 2.24) is 20.2 Å². The van der Waals surface area contributed by atoms with Crippen molar-refractivity contribution in [2.45, 2.75) is 20.1 Å². The van der Waals surface area contributed by atoms with E-state index in [1.807, 2.05) is 45.3 Å². The van der Waals surface area contributed by atoms with Crippen LogP contribution in [0.3, 0.4) is 0 Å². The number of amides is 1. The number of benzene rings is 1. The van der Waals surface area contributed by atoms with Gasteiger partial charge in [0.1, 0.15) is 17.9 Å². The molecule has 0 spiro atoms. The van der Waals surface area contributed by atoms with Gasteiger partial charge in [-0.15, -0.1) is 0 Å². The minimum atomic E-state index is -0.0852. The second-order valence-corrected chi connectivity index (χ2v) is 8.40. The van der Waals surface area contributed by atoms with Crippen molar-refractivity contribution in [2.75, 3.05) is 27.7 Å². The number of hydrogen-bond donors (Lipinski definition) is 2. The van der Waals surface area contributed by atoms with Crippen LogP contribution in [0.1, 0.15) is 22.4 Å². The van der Waals surface area contributed by atoms with E-state index in [-0.39, 0.29) is 12.5 Å². The Balaban J connectivity index is 1.90. The number of aromatic nitrogens is 2. The SMILES string of the molecule is CN=C(/C=C\N)c1cc(C)nc2c(OCc3c(Cl)cncc3CNC(=O)CN(C)C)cccc12. The molecule has 3 aromatic rings. The summed E-state index contributed by atoms with van der Waals surface area (Å²) in [4.78, 5) is 27.1. The first-order chi connectivity index (χ1) is 16.3. The average molecular weight is 481 g/mol. The van der Waals surface area contributed by atoms with E-state index < -0.39 is 0 Å². The van der Waals surface area contributed by atoms with Crippen LogP contribution in [0.15, 0.2) is 53.9 Å². The average Bonchev–Trinajstić information content (AvgIpc) is 2.79. The van der Waals surface area contributed by atoms with Crippen LogP contribution in [0.25, 0.3) is 10.9 Å². The van der Waals surface area contributed by atoms with Crippen molar-refractivity contribution in [3.05, 3.63) is 76.3 Å². The number of pyridine rings is 2. The molecular formula is C25H29ClN6O2. The van der Waals surface area contributed by atoms with E-state index in [0.717, 1.165) is 39.0 Å². The Morgan fingerprint density at radius 1 is 1.32 bits per heavy atom. The van der Waals surface area contributed by atoms with Gasteiger partial charge in [-0.05, 0) is 51.0 Å². The lowest BCUT2D eigenvalue weighted by atomic mass is 10.0. The fraction of sp³-hybridized carbons (Fsp3) is 0.280. The van der Waals surface area contributed by atoms with Gasteiger partial charge in [-0.3, -0.25) is 14.8 Å². The number of nitrogens with zero attached hydrogens (tertiary/aromatic N) is 4. The molecule has 178 valence electrons. The van der Waals surface area contributed by atoms with Crippen LogP contribution in [-0.2, 0) is 17.9 Å². The highest BCUT2D eigenvalue weighted by Gasteiger charge is 2.15. The largest absolute Gasteiger partial charge is 0.487 e. The summed E-state index contributed by atoms with van der Waals surface area (Å²) >= 11 is 6.44. The van der Waals surface area contributed by atoms with Crippen molar-refractivity contribution in [2.24, 2.45) is 10.7 Å². The summed E-state index contributed by atoms with van der Waals surface area (Å²) in [6.07, 6.45) is 6.48. The lowest BCUT2D eigenvalue weighted by Gasteiger charge is -2.16. The molecule has 0 fully saturated rings. The number of rotatable bonds is 9. The molecule has 0 radical (unpaired) electrons. The fourth-order valence-electron chi connectivity index (χ4n) is 3.56. The van der Waals surface area contributed by atoms with Crippen molar-refractivity contribution in [3.63, 3.8) is 0 Å². The van der Waals surface area contributed by atoms with E-state index in [0.29, 0.717) is 23.9 Å². The van der Waals surface area contributed by atoms with Crippen molar-refractivity contribution in [3.8, 4) is 5.75 Å². The first-order valence-corrected chi connectivity index (χ1v) is 11.1. The third kappa shape index (κ3) is 6.09. The molecule has 0 unspecified atom stereocenters. The molecule has 1 amide bonds. The van der Waals surface area contributed by atoms with Gasteiger partial charge in [-0.2, -0.15) is 0 Å². The highest BCUT2D eigenvalue weighted by Crippen LogP contribution is 2.29. The number of para-hydroxylation sites is 1. The van der Waals surface area contributed by atoms with Crippen LogP contribution in [0.4, 0.5) is 0 Å². The summed E-state index contributed by atoms with van der Waals surface area (Å²) in [6.45, 7) is 2.72. The topological polar surface area (TPSA) is 106 Å². The zero-order chi connectivity index (χ0) is 24.7. The Hall–Kier alpha value is -3.49. The van der Waals surface area contributed by atoms with E-state index in [2.05, 4.69) is 15.3 Å². The quantitative estimate of drug-likeness (QED) is 0.455. The summed E-state index contributed by atoms with van der Waals surface area (Å²) < 4.78 is 6.20. The third-order valence-corrected chi connectivity index (χ3v) is 5.43. The lowest BCUT2D eigenvalue weighted by Crippen LogP contribution is -2.33. The maximum atomic E-state index is 12.1. The Kier molecular flexibility index (Phi) is 8.56. The van der Waals surface area contributed by atoms with Gasteiger partial charge in [-0.1, -0.05) is 23.7 Å². The molecule has 0 bridgehead atoms. The van der Waals surface area contributed by atoms with Gasteiger partial charge in [0.25, 0.3) is 0 Å². The van der Waals surface area contributed by atoms with E-state index in [1.54, 1.807) is 30.4 Å². The van der Waals surface area contributed by atoms with Gasteiger partial charge in [-0.25, -0.2) is 4.98 Å². The molecule has 3 rings (SSSR count). The van der Waals surface area contributed by atoms with Gasteiger partial charge in [0.05, 0.1) is 17.3 Å². The van der Waals surface area contributed by atoms with Gasteiger partial charge in [0.15, 0.2) is 0 Å². The Bertz CT molecular complexity index is 1240. The van der Waals surface area contributed by atoms with E-state index in [4.69, 9.17) is 27.1 Å². The van der Waals surface area contributed by atoms with Crippen LogP contribution in [-0.4, -0.2) is 54.2 Å². The first-order valence-electron chi connectivity index (χ1n) is 10.7. The highest BCUT2D eigenvalue weighted by atomic mass is 35.5. The smallest absolute Gasteiger partial charge is 0.234 e. The van der Waals surface area contributed by atoms with Crippen LogP contribution in [0.2, 0.25) is 5.02 Å². The standard InChI is InChI=1S/C25H29ClN6O2/c1-16-10-19(22(28-2)8-9-27)18-6-5-7-23(25(18)31-16)34-15-20-17(11-29-13-21(20)26)12-30-24(33)14-32(3)4/h5-11,13H,12,14-15,27H2,1-4H3,(H,30,33)/b9-8-,28-22?. The van der Waals surface area contributed by atoms with Gasteiger partial charge in [0, 0.05) is 48.2 Å². The molecule has 0 aliphatic carbocycles. The minimum absolute atomic E-state index is 0.0852. The predicted molar refractivity (Wildman–Crippen MR) is 136 cm³/mol. The number of aryl methyl sites for hydroxylation is 1. The Morgan fingerprint density at radius 3 is 2.82 bits per heavy atom. The summed E-state index contributed by atoms with van der Waals surface area (Å²) in [5.74, 6) is 0.531. The van der Waals surface area contributed by atoms with E-state index in [1.165, 1.54) is 6.20 Å². The third-order valence-electron chi connectivity index (χ3n) is 5.10. The summed E-state index contributed by atoms with van der Waals surface area (Å²) in [5, 5.41) is 4.27. The van der Waals surface area contributed by atoms with Crippen molar-refractivity contribution >= 4 is 34.1 Å². The second-order valence-electron chi connectivity index (χ2n) is 7.99. The van der Waals surface area contributed by atoms with Crippen LogP contribution >= 0.6 is 11.6 Å². The Labute approximate surface area is 204 Å². The number of nitrogens with one attached hydrogen (secondary N) is 1. The number of fused-ring (bicyclic) bond motifs is 1. The van der Waals surface area contributed by atoms with Gasteiger partial charge >= 0.3 is 0 Å². The molecule has 0 aliphatic heterocycles. The monoisotopic (exact) mass is 480 g/mol. The van der Waals surface area contributed by atoms with E-state index >= 15 is 0 Å². The molecular weight excluding hydrogens is 452 g/mol. The molecule has 34 heavy (non-hydrogen) atoms. The molecule has 8 nitrogen and oxygen atoms in total. The van der Waals surface area contributed by atoms with Gasteiger partial charge in [0.2, 0.25) is 5.91 Å². The molecule has 1 aromatic carbocycles. The number of carbonyl (C=O) groups excluding carboxylic acids is 1. The molecule has 0 atom stereocenters. The molecule has 2 aromatic heterocycles. The predicted octanol–water partition coefficient (Wildman–Crippen LogP) is 3.24. The number of likely N-dealkylation sites (N-methyl/N-ethyl adjacent to an activating group) is 1. The molecule has 0 saturated carbocycles. The number of allylic oxidation sites excluding steroid dienone is 1. The molecule has 3 N–H and O–H groups in total. The molecule has 2 heterocycles. The first kappa shape index (κ1) is 25.1. The van der Waals surface area contributed by atoms with E-state index in [9.17, 15) is 4.79 Å². The molecule has 9 heteroatoms. The Morgan fingerprint density at radius 2 is 2.12 bits per heavy atom. The number of halogens is 1. The molecule has 0 aliphatic rings. The number of aliphatic imine (C=N–C) groups is 1. The summed E-state index contributed by atoms with van der Waals surface area (Å²) in [6, 6.07) is 7.73. The number of ether oxygens (including phenoxy) is 1. The fourth-order valence-corrected chi connectivity index (χ4v) is 3.79. The maximum Gasteiger partial charge on any atom is 0.234 e. The number of nitrogens with two attached hydrogens (primary N) is 1. The minimum Gasteiger partial charge on any atom is -0.487 e. The van der Waals surface area contributed by atoms with Crippen molar-refractivity contribution < 1.29 is 9.53 Å². The van der Waals surface area contributed by atoms with Crippen molar-refractivity contribution in [1.29, 1.82) is 0 Å². The zero-order valence-corrected chi connectivity index (χ0v) is 20.6. The lowest BCUT2D eigenvalue weighted by molar-refractivity contribution is -0.121. The summed E-state index contributed by atoms with van der Waals surface area (Å²) in [7, 11) is 5.40. The van der Waals surface area contributed by atoms with Crippen LogP contribution in [0.5, 0.6) is 5.75 Å². The second kappa shape index (κ2) is 11.6. The van der Waals surface area contributed by atoms with Crippen LogP contribution < -0.4 is 15.8 Å². The van der Waals surface area contributed by atoms with Crippen LogP contribution in [0, 0.1) is 6.92 Å². The zero-order valence-electron chi connectivity index (χ0n) is 19.8. The molecule has 0 saturated heterocycles. The highest BCUT2D eigenvalue weighted by molar-refractivity contribution is 6.31. The normalized spacial score (nSPS) is 12.0.